The Morgan fingerprint density at radius 2 is 2.20 bits per heavy atom. The predicted molar refractivity (Wildman–Crippen MR) is 70.8 cm³/mol. The van der Waals surface area contributed by atoms with Crippen molar-refractivity contribution in [3.05, 3.63) is 51.3 Å². The minimum atomic E-state index is -0.588. The fourth-order valence-corrected chi connectivity index (χ4v) is 1.82. The molecule has 0 aliphatic rings. The third kappa shape index (κ3) is 2.82. The molecule has 1 aromatic carbocycles. The van der Waals surface area contributed by atoms with Crippen molar-refractivity contribution in [2.45, 2.75) is 20.3 Å². The Morgan fingerprint density at radius 3 is 2.85 bits per heavy atom. The number of rotatable bonds is 4. The molecule has 20 heavy (non-hydrogen) atoms. The van der Waals surface area contributed by atoms with E-state index < -0.39 is 10.9 Å². The van der Waals surface area contributed by atoms with Gasteiger partial charge in [0.1, 0.15) is 11.3 Å². The third-order valence-electron chi connectivity index (χ3n) is 2.73. The molecule has 0 saturated carbocycles. The lowest BCUT2D eigenvalue weighted by molar-refractivity contribution is -0.385. The highest BCUT2D eigenvalue weighted by molar-refractivity contribution is 5.92. The zero-order valence-corrected chi connectivity index (χ0v) is 11.0. The number of H-pyrrole nitrogens is 1. The molecule has 7 heteroatoms. The van der Waals surface area contributed by atoms with Crippen LogP contribution in [0.3, 0.4) is 0 Å². The fourth-order valence-electron chi connectivity index (χ4n) is 1.82. The van der Waals surface area contributed by atoms with Crippen LogP contribution < -0.4 is 4.74 Å². The fraction of sp³-hybridized carbons (Fsp3) is 0.231. The number of non-ortho nitro benzene ring substituents is 1. The van der Waals surface area contributed by atoms with E-state index in [2.05, 4.69) is 10.2 Å². The van der Waals surface area contributed by atoms with Crippen molar-refractivity contribution >= 4 is 11.7 Å². The summed E-state index contributed by atoms with van der Waals surface area (Å²) in [5, 5.41) is 17.3. The van der Waals surface area contributed by atoms with E-state index in [0.717, 1.165) is 0 Å². The largest absolute Gasteiger partial charge is 0.423 e. The first-order valence-electron chi connectivity index (χ1n) is 6.02. The van der Waals surface area contributed by atoms with Gasteiger partial charge in [0.25, 0.3) is 5.69 Å². The highest BCUT2D eigenvalue weighted by Gasteiger charge is 2.17. The molecule has 0 saturated heterocycles. The predicted octanol–water partition coefficient (Wildman–Crippen LogP) is 2.41. The molecule has 0 aliphatic heterocycles. The summed E-state index contributed by atoms with van der Waals surface area (Å²) in [6, 6.07) is 4.19. The zero-order chi connectivity index (χ0) is 14.7. The standard InChI is InChI=1S/C13H13N3O4/c1-3-12-11(7-14-15-12)13(17)20-10-5-8(2)4-9(6-10)16(18)19/h4-7H,3H2,1-2H3,(H,14,15). The van der Waals surface area contributed by atoms with Crippen LogP contribution >= 0.6 is 0 Å². The van der Waals surface area contributed by atoms with E-state index in [-0.39, 0.29) is 11.4 Å². The molecular weight excluding hydrogens is 262 g/mol. The van der Waals surface area contributed by atoms with Crippen LogP contribution in [0.5, 0.6) is 5.75 Å². The molecule has 0 radical (unpaired) electrons. The van der Waals surface area contributed by atoms with Gasteiger partial charge in [-0.2, -0.15) is 5.10 Å². The van der Waals surface area contributed by atoms with Crippen molar-refractivity contribution in [2.75, 3.05) is 0 Å². The van der Waals surface area contributed by atoms with Crippen molar-refractivity contribution in [2.24, 2.45) is 0 Å². The Balaban J connectivity index is 2.26. The summed E-state index contributed by atoms with van der Waals surface area (Å²) in [7, 11) is 0. The number of aryl methyl sites for hydroxylation is 2. The van der Waals surface area contributed by atoms with Gasteiger partial charge in [-0.15, -0.1) is 0 Å². The number of benzene rings is 1. The second-order valence-corrected chi connectivity index (χ2v) is 4.25. The molecule has 104 valence electrons. The molecular formula is C13H13N3O4. The minimum absolute atomic E-state index is 0.115. The lowest BCUT2D eigenvalue weighted by atomic mass is 10.2. The molecule has 1 N–H and O–H groups in total. The van der Waals surface area contributed by atoms with Gasteiger partial charge in [-0.05, 0) is 25.0 Å². The van der Waals surface area contributed by atoms with Crippen molar-refractivity contribution < 1.29 is 14.5 Å². The maximum atomic E-state index is 12.0. The molecule has 1 heterocycles. The molecule has 2 aromatic rings. The average Bonchev–Trinajstić information content (AvgIpc) is 2.86. The highest BCUT2D eigenvalue weighted by atomic mass is 16.6. The molecule has 7 nitrogen and oxygen atoms in total. The van der Waals surface area contributed by atoms with Crippen LogP contribution in [0.15, 0.2) is 24.4 Å². The van der Waals surface area contributed by atoms with E-state index >= 15 is 0 Å². The van der Waals surface area contributed by atoms with Gasteiger partial charge >= 0.3 is 5.97 Å². The van der Waals surface area contributed by atoms with Crippen LogP contribution in [0, 0.1) is 17.0 Å². The lowest BCUT2D eigenvalue weighted by Crippen LogP contribution is -2.10. The summed E-state index contributed by atoms with van der Waals surface area (Å²) in [5.41, 5.74) is 1.45. The van der Waals surface area contributed by atoms with Crippen LogP contribution in [0.2, 0.25) is 0 Å². The number of aromatic amines is 1. The van der Waals surface area contributed by atoms with Gasteiger partial charge in [0.2, 0.25) is 0 Å². The molecule has 0 fully saturated rings. The van der Waals surface area contributed by atoms with Crippen LogP contribution in [-0.2, 0) is 6.42 Å². The molecule has 0 amide bonds. The number of carbonyl (C=O) groups is 1. The van der Waals surface area contributed by atoms with Crippen molar-refractivity contribution in [1.82, 2.24) is 10.2 Å². The minimum Gasteiger partial charge on any atom is -0.423 e. The SMILES string of the molecule is CCc1n[nH]cc1C(=O)Oc1cc(C)cc([N+](=O)[O-])c1. The number of hydrogen-bond donors (Lipinski definition) is 1. The number of nitro benzene ring substituents is 1. The Bertz CT molecular complexity index is 663. The number of nitro groups is 1. The molecule has 0 spiro atoms. The lowest BCUT2D eigenvalue weighted by Gasteiger charge is -2.05. The van der Waals surface area contributed by atoms with Crippen LogP contribution in [0.4, 0.5) is 5.69 Å². The van der Waals surface area contributed by atoms with Gasteiger partial charge in [0.05, 0.1) is 16.7 Å². The average molecular weight is 275 g/mol. The van der Waals surface area contributed by atoms with Crippen LogP contribution in [-0.4, -0.2) is 21.1 Å². The summed E-state index contributed by atoms with van der Waals surface area (Å²) >= 11 is 0. The maximum absolute atomic E-state index is 12.0. The van der Waals surface area contributed by atoms with Crippen LogP contribution in [0.25, 0.3) is 0 Å². The number of esters is 1. The smallest absolute Gasteiger partial charge is 0.347 e. The molecule has 1 aromatic heterocycles. The molecule has 0 unspecified atom stereocenters. The first-order chi connectivity index (χ1) is 9.51. The Hall–Kier alpha value is -2.70. The normalized spacial score (nSPS) is 10.3. The topological polar surface area (TPSA) is 98.1 Å². The summed E-state index contributed by atoms with van der Waals surface area (Å²) in [6.07, 6.45) is 2.03. The zero-order valence-electron chi connectivity index (χ0n) is 11.0. The molecule has 2 rings (SSSR count). The monoisotopic (exact) mass is 275 g/mol. The van der Waals surface area contributed by atoms with E-state index in [1.165, 1.54) is 18.3 Å². The van der Waals surface area contributed by atoms with E-state index in [9.17, 15) is 14.9 Å². The van der Waals surface area contributed by atoms with Gasteiger partial charge in [0.15, 0.2) is 0 Å². The van der Waals surface area contributed by atoms with Crippen LogP contribution in [0.1, 0.15) is 28.5 Å². The molecule has 0 atom stereocenters. The van der Waals surface area contributed by atoms with Gasteiger partial charge in [-0.25, -0.2) is 4.79 Å². The number of carbonyl (C=O) groups excluding carboxylic acids is 1. The number of hydrogen-bond acceptors (Lipinski definition) is 5. The highest BCUT2D eigenvalue weighted by Crippen LogP contribution is 2.23. The summed E-state index contributed by atoms with van der Waals surface area (Å²) < 4.78 is 5.17. The van der Waals surface area contributed by atoms with Gasteiger partial charge in [-0.3, -0.25) is 15.2 Å². The number of aromatic nitrogens is 2. The third-order valence-corrected chi connectivity index (χ3v) is 2.73. The van der Waals surface area contributed by atoms with Gasteiger partial charge < -0.3 is 4.74 Å². The summed E-state index contributed by atoms with van der Waals surface area (Å²) in [4.78, 5) is 22.2. The molecule has 0 bridgehead atoms. The van der Waals surface area contributed by atoms with Crippen molar-refractivity contribution in [1.29, 1.82) is 0 Å². The Labute approximate surface area is 114 Å². The first kappa shape index (κ1) is 13.7. The maximum Gasteiger partial charge on any atom is 0.347 e. The van der Waals surface area contributed by atoms with Gasteiger partial charge in [0, 0.05) is 12.3 Å². The summed E-state index contributed by atoms with van der Waals surface area (Å²) in [5.74, 6) is -0.444. The van der Waals surface area contributed by atoms with Gasteiger partial charge in [-0.1, -0.05) is 6.92 Å². The van der Waals surface area contributed by atoms with E-state index in [1.54, 1.807) is 13.0 Å². The number of nitrogens with one attached hydrogen (secondary N) is 1. The second kappa shape index (κ2) is 5.52. The molecule has 0 aliphatic carbocycles. The first-order valence-corrected chi connectivity index (χ1v) is 6.02. The van der Waals surface area contributed by atoms with E-state index in [0.29, 0.717) is 23.2 Å². The van der Waals surface area contributed by atoms with E-state index in [1.807, 2.05) is 6.92 Å². The second-order valence-electron chi connectivity index (χ2n) is 4.25. The van der Waals surface area contributed by atoms with Crippen molar-refractivity contribution in [3.8, 4) is 5.75 Å². The quantitative estimate of drug-likeness (QED) is 0.400. The Kier molecular flexibility index (Phi) is 3.79. The number of nitrogens with zero attached hydrogens (tertiary/aromatic N) is 2. The van der Waals surface area contributed by atoms with Crippen molar-refractivity contribution in [3.63, 3.8) is 0 Å². The Morgan fingerprint density at radius 1 is 1.45 bits per heavy atom. The summed E-state index contributed by atoms with van der Waals surface area (Å²) in [6.45, 7) is 3.56. The van der Waals surface area contributed by atoms with E-state index in [4.69, 9.17) is 4.74 Å². The number of ether oxygens (including phenoxy) is 1.